The first-order valence-electron chi connectivity index (χ1n) is 10.7. The van der Waals surface area contributed by atoms with Gasteiger partial charge in [-0.15, -0.1) is 0 Å². The van der Waals surface area contributed by atoms with Crippen molar-refractivity contribution in [3.63, 3.8) is 0 Å². The van der Waals surface area contributed by atoms with Gasteiger partial charge in [0, 0.05) is 45.8 Å². The Hall–Kier alpha value is -3.38. The third-order valence-corrected chi connectivity index (χ3v) is 5.06. The number of phenolic OH excluding ortho intramolecular Hbond substituents is 2. The molecule has 3 rings (SSSR count). The maximum atomic E-state index is 12.5. The van der Waals surface area contributed by atoms with Crippen LogP contribution in [0.25, 0.3) is 21.5 Å². The van der Waals surface area contributed by atoms with Crippen LogP contribution in [0.4, 0.5) is 0 Å². The number of nitrogens with zero attached hydrogens (tertiary/aromatic N) is 2. The van der Waals surface area contributed by atoms with Crippen molar-refractivity contribution in [1.29, 1.82) is 0 Å². The summed E-state index contributed by atoms with van der Waals surface area (Å²) < 4.78 is 0. The van der Waals surface area contributed by atoms with Gasteiger partial charge in [0.25, 0.3) is 0 Å². The van der Waals surface area contributed by atoms with Gasteiger partial charge in [-0.1, -0.05) is 0 Å². The van der Waals surface area contributed by atoms with Crippen LogP contribution in [-0.2, 0) is 0 Å². The predicted octanol–water partition coefficient (Wildman–Crippen LogP) is -2.60. The number of fused-ring (bicyclic) bond motifs is 2. The summed E-state index contributed by atoms with van der Waals surface area (Å²) in [4.78, 5) is 29.4. The molecule has 0 bridgehead atoms. The number of hydrogen-bond acceptors (Lipinski definition) is 11. The van der Waals surface area contributed by atoms with Crippen LogP contribution >= 0.6 is 0 Å². The lowest BCUT2D eigenvalue weighted by Gasteiger charge is -2.10. The Bertz CT molecular complexity index is 1350. The molecule has 11 heteroatoms. The van der Waals surface area contributed by atoms with Crippen LogP contribution in [0.2, 0.25) is 0 Å². The monoisotopic (exact) mass is 455 g/mol. The van der Waals surface area contributed by atoms with E-state index in [-0.39, 0.29) is 21.5 Å². The minimum Gasteiger partial charge on any atom is -0.506 e. The molecule has 11 nitrogen and oxygen atoms in total. The zero-order chi connectivity index (χ0) is 23.8. The highest BCUT2D eigenvalue weighted by Crippen LogP contribution is 2.35. The van der Waals surface area contributed by atoms with E-state index in [1.54, 1.807) is 12.1 Å². The average molecular weight is 456 g/mol. The second kappa shape index (κ2) is 11.5. The van der Waals surface area contributed by atoms with Gasteiger partial charge in [0.2, 0.25) is 0 Å². The first-order valence-corrected chi connectivity index (χ1v) is 10.7. The van der Waals surface area contributed by atoms with Crippen LogP contribution in [0, 0.1) is 0 Å². The van der Waals surface area contributed by atoms with E-state index in [1.807, 2.05) is 0 Å². The molecule has 0 fully saturated rings. The summed E-state index contributed by atoms with van der Waals surface area (Å²) in [6, 6.07) is 5.43. The zero-order valence-corrected chi connectivity index (χ0v) is 18.2. The molecule has 0 spiro atoms. The SMILES string of the molecule is NCCNCCN=c1ccc(=NNCCNCCN)c2c(O)c3c(=O)ccc(=O)c3c(O)c12. The summed E-state index contributed by atoms with van der Waals surface area (Å²) in [7, 11) is 0. The van der Waals surface area contributed by atoms with Gasteiger partial charge in [-0.25, -0.2) is 0 Å². The van der Waals surface area contributed by atoms with E-state index in [1.165, 1.54) is 0 Å². The van der Waals surface area contributed by atoms with Gasteiger partial charge in [0.15, 0.2) is 10.9 Å². The molecule has 9 N–H and O–H groups in total. The largest absolute Gasteiger partial charge is 0.506 e. The van der Waals surface area contributed by atoms with Crippen LogP contribution in [0.5, 0.6) is 11.5 Å². The Kier molecular flexibility index (Phi) is 8.44. The van der Waals surface area contributed by atoms with Gasteiger partial charge in [-0.2, -0.15) is 5.10 Å². The molecule has 3 aromatic carbocycles. The van der Waals surface area contributed by atoms with Crippen molar-refractivity contribution >= 4 is 21.5 Å². The van der Waals surface area contributed by atoms with Crippen LogP contribution in [0.3, 0.4) is 0 Å². The standard InChI is InChI=1S/C22H29N7O4/c23-5-7-25-9-11-27-13-1-2-14(29-28-12-10-26-8-6-24)18-17(13)21(32)19-15(30)3-4-16(31)20(19)22(18)33/h1-4,25-26,28,32-33H,5-12,23-24H2. The van der Waals surface area contributed by atoms with Gasteiger partial charge in [0.05, 0.1) is 38.8 Å². The lowest BCUT2D eigenvalue weighted by Crippen LogP contribution is -2.30. The van der Waals surface area contributed by atoms with Gasteiger partial charge < -0.3 is 37.7 Å². The predicted molar refractivity (Wildman–Crippen MR) is 128 cm³/mol. The second-order valence-corrected chi connectivity index (χ2v) is 7.34. The van der Waals surface area contributed by atoms with Crippen LogP contribution in [0.1, 0.15) is 0 Å². The summed E-state index contributed by atoms with van der Waals surface area (Å²) in [5, 5.41) is 33.1. The van der Waals surface area contributed by atoms with E-state index in [0.717, 1.165) is 12.1 Å². The zero-order valence-electron chi connectivity index (χ0n) is 18.2. The van der Waals surface area contributed by atoms with E-state index in [4.69, 9.17) is 11.5 Å². The number of phenols is 2. The first-order chi connectivity index (χ1) is 16.0. The molecular weight excluding hydrogens is 426 g/mol. The number of benzene rings is 3. The van der Waals surface area contributed by atoms with E-state index in [9.17, 15) is 19.8 Å². The van der Waals surface area contributed by atoms with Gasteiger partial charge in [-0.3, -0.25) is 14.6 Å². The highest BCUT2D eigenvalue weighted by Gasteiger charge is 2.20. The van der Waals surface area contributed by atoms with Crippen molar-refractivity contribution in [2.75, 3.05) is 52.4 Å². The number of nitrogens with one attached hydrogen (secondary N) is 3. The molecule has 33 heavy (non-hydrogen) atoms. The first kappa shape index (κ1) is 24.3. The van der Waals surface area contributed by atoms with E-state index >= 15 is 0 Å². The minimum absolute atomic E-state index is 0.140. The fourth-order valence-corrected chi connectivity index (χ4v) is 3.56. The topological polar surface area (TPSA) is 187 Å². The molecule has 0 aliphatic carbocycles. The van der Waals surface area contributed by atoms with Gasteiger partial charge in [0.1, 0.15) is 11.5 Å². The molecule has 0 saturated heterocycles. The number of aromatic hydroxyl groups is 2. The molecule has 0 radical (unpaired) electrons. The van der Waals surface area contributed by atoms with Crippen molar-refractivity contribution in [3.8, 4) is 11.5 Å². The van der Waals surface area contributed by atoms with Crippen LogP contribution in [-0.4, -0.2) is 62.6 Å². The van der Waals surface area contributed by atoms with Gasteiger partial charge >= 0.3 is 0 Å². The Morgan fingerprint density at radius 2 is 1.24 bits per heavy atom. The molecule has 0 aliphatic rings. The van der Waals surface area contributed by atoms with Crippen LogP contribution in [0.15, 0.2) is 43.9 Å². The summed E-state index contributed by atoms with van der Waals surface area (Å²) in [5.74, 6) is -0.823. The Balaban J connectivity index is 2.20. The highest BCUT2D eigenvalue weighted by molar-refractivity contribution is 6.10. The quantitative estimate of drug-likeness (QED) is 0.0704. The van der Waals surface area contributed by atoms with Crippen molar-refractivity contribution in [1.82, 2.24) is 16.1 Å². The lowest BCUT2D eigenvalue weighted by molar-refractivity contribution is 0.477. The minimum atomic E-state index is -0.572. The molecule has 0 atom stereocenters. The molecule has 0 heterocycles. The van der Waals surface area contributed by atoms with Crippen molar-refractivity contribution < 1.29 is 10.2 Å². The molecule has 0 aliphatic heterocycles. The highest BCUT2D eigenvalue weighted by atomic mass is 16.3. The summed E-state index contributed by atoms with van der Waals surface area (Å²) in [6.07, 6.45) is 0. The van der Waals surface area contributed by atoms with E-state index in [0.29, 0.717) is 63.1 Å². The fraction of sp³-hybridized carbons (Fsp3) is 0.364. The number of hydrogen-bond donors (Lipinski definition) is 7. The normalized spacial score (nSPS) is 12.8. The molecule has 0 saturated carbocycles. The van der Waals surface area contributed by atoms with E-state index < -0.39 is 22.4 Å². The third-order valence-electron chi connectivity index (χ3n) is 5.06. The molecule has 0 unspecified atom stereocenters. The lowest BCUT2D eigenvalue weighted by atomic mass is 9.99. The van der Waals surface area contributed by atoms with Crippen molar-refractivity contribution in [2.45, 2.75) is 0 Å². The maximum Gasteiger partial charge on any atom is 0.190 e. The average Bonchev–Trinajstić information content (AvgIpc) is 2.81. The smallest absolute Gasteiger partial charge is 0.190 e. The Morgan fingerprint density at radius 3 is 1.85 bits per heavy atom. The molecule has 176 valence electrons. The van der Waals surface area contributed by atoms with Crippen LogP contribution < -0.4 is 49.1 Å². The number of rotatable bonds is 11. The van der Waals surface area contributed by atoms with Crippen molar-refractivity contribution in [3.05, 3.63) is 55.4 Å². The summed E-state index contributed by atoms with van der Waals surface area (Å²) in [5.41, 5.74) is 12.7. The summed E-state index contributed by atoms with van der Waals surface area (Å²) >= 11 is 0. The Labute approximate surface area is 189 Å². The van der Waals surface area contributed by atoms with Gasteiger partial charge in [-0.05, 0) is 24.3 Å². The maximum absolute atomic E-state index is 12.5. The fourth-order valence-electron chi connectivity index (χ4n) is 3.56. The molecule has 3 aromatic rings. The number of nitrogens with two attached hydrogens (primary N) is 2. The summed E-state index contributed by atoms with van der Waals surface area (Å²) in [6.45, 7) is 4.37. The molecule has 0 aromatic heterocycles. The van der Waals surface area contributed by atoms with E-state index in [2.05, 4.69) is 26.2 Å². The molecular formula is C22H29N7O4. The molecule has 0 amide bonds. The Morgan fingerprint density at radius 1 is 0.697 bits per heavy atom. The second-order valence-electron chi connectivity index (χ2n) is 7.34. The van der Waals surface area contributed by atoms with Crippen molar-refractivity contribution in [2.24, 2.45) is 21.6 Å². The third kappa shape index (κ3) is 5.34.